The van der Waals surface area contributed by atoms with E-state index in [9.17, 15) is 9.90 Å². The molecule has 0 radical (unpaired) electrons. The standard InChI is InChI=1S/C32H32FN5O4/c1-4-24-26(33)31(2,40)29(42-24)38-19-34-25-27(38)35-30(36-28(25)39)37-32(20-11-7-5-8-12-20,21-13-9-6-10-14-21)22-15-17-23(41-3)18-16-22/h5-19,24,26,29,40H,4H2,1-3H3,(H2,35,36,37,39)/t24-,26-,29-,31-/m1/s1. The van der Waals surface area contributed by atoms with Crippen molar-refractivity contribution < 1.29 is 19.0 Å². The maximum Gasteiger partial charge on any atom is 0.280 e. The molecule has 3 heterocycles. The van der Waals surface area contributed by atoms with Crippen molar-refractivity contribution in [3.05, 3.63) is 118 Å². The fraction of sp³-hybridized carbons (Fsp3) is 0.281. The molecule has 0 saturated carbocycles. The monoisotopic (exact) mass is 569 g/mol. The fourth-order valence-electron chi connectivity index (χ4n) is 5.80. The normalized spacial score (nSPS) is 22.4. The van der Waals surface area contributed by atoms with Crippen LogP contribution in [-0.2, 0) is 10.3 Å². The van der Waals surface area contributed by atoms with E-state index in [0.717, 1.165) is 16.7 Å². The number of rotatable bonds is 8. The van der Waals surface area contributed by atoms with Gasteiger partial charge >= 0.3 is 0 Å². The molecule has 9 nitrogen and oxygen atoms in total. The van der Waals surface area contributed by atoms with Gasteiger partial charge in [-0.15, -0.1) is 0 Å². The Morgan fingerprint density at radius 1 is 1.05 bits per heavy atom. The van der Waals surface area contributed by atoms with Gasteiger partial charge in [-0.25, -0.2) is 9.37 Å². The minimum absolute atomic E-state index is 0.0461. The maximum atomic E-state index is 15.1. The smallest absolute Gasteiger partial charge is 0.280 e. The van der Waals surface area contributed by atoms with Crippen LogP contribution in [0.15, 0.2) is 96.1 Å². The van der Waals surface area contributed by atoms with Crippen LogP contribution in [0, 0.1) is 0 Å². The van der Waals surface area contributed by atoms with Gasteiger partial charge in [-0.1, -0.05) is 79.7 Å². The Bertz CT molecular complexity index is 1700. The molecule has 42 heavy (non-hydrogen) atoms. The van der Waals surface area contributed by atoms with Gasteiger partial charge in [-0.3, -0.25) is 14.3 Å². The van der Waals surface area contributed by atoms with Crippen LogP contribution in [0.4, 0.5) is 10.3 Å². The second-order valence-corrected chi connectivity index (χ2v) is 10.6. The van der Waals surface area contributed by atoms with E-state index in [1.165, 1.54) is 17.8 Å². The Hall–Kier alpha value is -4.54. The predicted molar refractivity (Wildman–Crippen MR) is 157 cm³/mol. The van der Waals surface area contributed by atoms with E-state index < -0.39 is 35.2 Å². The van der Waals surface area contributed by atoms with Gasteiger partial charge in [0.2, 0.25) is 5.95 Å². The van der Waals surface area contributed by atoms with Crippen molar-refractivity contribution in [2.45, 2.75) is 49.9 Å². The van der Waals surface area contributed by atoms with Crippen molar-refractivity contribution >= 4 is 17.1 Å². The fourth-order valence-corrected chi connectivity index (χ4v) is 5.80. The number of anilines is 1. The van der Waals surface area contributed by atoms with Crippen LogP contribution in [0.2, 0.25) is 0 Å². The minimum Gasteiger partial charge on any atom is -0.497 e. The van der Waals surface area contributed by atoms with E-state index >= 15 is 4.39 Å². The van der Waals surface area contributed by atoms with Gasteiger partial charge in [0.25, 0.3) is 5.56 Å². The van der Waals surface area contributed by atoms with Crippen LogP contribution in [0.3, 0.4) is 0 Å². The first-order valence-corrected chi connectivity index (χ1v) is 13.8. The molecule has 0 bridgehead atoms. The van der Waals surface area contributed by atoms with Crippen LogP contribution >= 0.6 is 0 Å². The maximum absolute atomic E-state index is 15.1. The lowest BCUT2D eigenvalue weighted by Gasteiger charge is -2.37. The zero-order chi connectivity index (χ0) is 29.5. The quantitative estimate of drug-likeness (QED) is 0.227. The first-order valence-electron chi connectivity index (χ1n) is 13.8. The topological polar surface area (TPSA) is 114 Å². The summed E-state index contributed by atoms with van der Waals surface area (Å²) in [6.07, 6.45) is -1.82. The molecule has 0 amide bonds. The number of H-pyrrole nitrogens is 1. The van der Waals surface area contributed by atoms with Crippen LogP contribution < -0.4 is 15.6 Å². The Labute approximate surface area is 242 Å². The van der Waals surface area contributed by atoms with Gasteiger partial charge in [-0.2, -0.15) is 4.98 Å². The van der Waals surface area contributed by atoms with Crippen molar-refractivity contribution in [2.24, 2.45) is 0 Å². The zero-order valence-corrected chi connectivity index (χ0v) is 23.5. The molecule has 5 aromatic rings. The predicted octanol–water partition coefficient (Wildman–Crippen LogP) is 4.93. The molecule has 1 saturated heterocycles. The molecule has 216 valence electrons. The Morgan fingerprint density at radius 2 is 1.64 bits per heavy atom. The molecule has 3 aromatic carbocycles. The number of aliphatic hydroxyl groups is 1. The first-order chi connectivity index (χ1) is 20.3. The Morgan fingerprint density at radius 3 is 2.19 bits per heavy atom. The van der Waals surface area contributed by atoms with E-state index in [0.29, 0.717) is 12.2 Å². The summed E-state index contributed by atoms with van der Waals surface area (Å²) >= 11 is 0. The molecule has 1 fully saturated rings. The van der Waals surface area contributed by atoms with Gasteiger partial charge in [0.15, 0.2) is 23.6 Å². The number of hydrogen-bond acceptors (Lipinski definition) is 7. The van der Waals surface area contributed by atoms with E-state index in [1.807, 2.05) is 84.9 Å². The molecular weight excluding hydrogens is 537 g/mol. The highest BCUT2D eigenvalue weighted by Crippen LogP contribution is 2.43. The number of alkyl halides is 1. The molecule has 2 aromatic heterocycles. The van der Waals surface area contributed by atoms with E-state index in [4.69, 9.17) is 14.5 Å². The third-order valence-corrected chi connectivity index (χ3v) is 8.02. The van der Waals surface area contributed by atoms with Crippen molar-refractivity contribution in [3.8, 4) is 5.75 Å². The Kier molecular flexibility index (Phi) is 7.04. The SMILES string of the molecule is CC[C@H]1O[C@@H](n2cnc3c(=O)[nH]c(NC(c4ccccc4)(c4ccccc4)c4ccc(OC)cc4)nc32)[C@](C)(O)[C@@H]1F. The van der Waals surface area contributed by atoms with Gasteiger partial charge in [0.05, 0.1) is 19.5 Å². The molecular formula is C32H32FN5O4. The number of aromatic nitrogens is 4. The molecule has 0 spiro atoms. The molecule has 1 aliphatic rings. The number of nitrogens with one attached hydrogen (secondary N) is 2. The molecule has 0 aliphatic carbocycles. The second-order valence-electron chi connectivity index (χ2n) is 10.6. The molecule has 6 rings (SSSR count). The average Bonchev–Trinajstić information content (AvgIpc) is 3.54. The number of benzene rings is 3. The largest absolute Gasteiger partial charge is 0.497 e. The zero-order valence-electron chi connectivity index (χ0n) is 23.5. The van der Waals surface area contributed by atoms with Gasteiger partial charge < -0.3 is 19.9 Å². The van der Waals surface area contributed by atoms with Crippen LogP contribution in [0.25, 0.3) is 11.2 Å². The summed E-state index contributed by atoms with van der Waals surface area (Å²) in [6, 6.07) is 27.3. The molecule has 1 aliphatic heterocycles. The van der Waals surface area contributed by atoms with Crippen molar-refractivity contribution in [1.82, 2.24) is 19.5 Å². The highest BCUT2D eigenvalue weighted by Gasteiger charge is 2.54. The lowest BCUT2D eigenvalue weighted by atomic mass is 9.77. The summed E-state index contributed by atoms with van der Waals surface area (Å²) in [5, 5.41) is 14.6. The number of halogens is 1. The lowest BCUT2D eigenvalue weighted by molar-refractivity contribution is -0.0858. The number of fused-ring (bicyclic) bond motifs is 1. The summed E-state index contributed by atoms with van der Waals surface area (Å²) < 4.78 is 27.9. The van der Waals surface area contributed by atoms with Crippen molar-refractivity contribution in [1.29, 1.82) is 0 Å². The number of nitrogens with zero attached hydrogens (tertiary/aromatic N) is 3. The number of methoxy groups -OCH3 is 1. The number of imidazole rings is 1. The lowest BCUT2D eigenvalue weighted by Crippen LogP contribution is -2.41. The average molecular weight is 570 g/mol. The summed E-state index contributed by atoms with van der Waals surface area (Å²) in [6.45, 7) is 3.17. The van der Waals surface area contributed by atoms with Gasteiger partial charge in [-0.05, 0) is 42.2 Å². The number of hydrogen-bond donors (Lipinski definition) is 3. The van der Waals surface area contributed by atoms with E-state index in [-0.39, 0.29) is 17.1 Å². The van der Waals surface area contributed by atoms with Crippen LogP contribution in [0.5, 0.6) is 5.75 Å². The van der Waals surface area contributed by atoms with Crippen LogP contribution in [-0.4, -0.2) is 49.6 Å². The minimum atomic E-state index is -1.85. The second kappa shape index (κ2) is 10.7. The molecule has 4 atom stereocenters. The highest BCUT2D eigenvalue weighted by molar-refractivity contribution is 5.71. The van der Waals surface area contributed by atoms with Gasteiger partial charge in [0.1, 0.15) is 16.9 Å². The number of aromatic amines is 1. The van der Waals surface area contributed by atoms with Gasteiger partial charge in [0, 0.05) is 0 Å². The third kappa shape index (κ3) is 4.43. The number of ether oxygens (including phenoxy) is 2. The molecule has 3 N–H and O–H groups in total. The van der Waals surface area contributed by atoms with E-state index in [2.05, 4.69) is 15.3 Å². The third-order valence-electron chi connectivity index (χ3n) is 8.02. The summed E-state index contributed by atoms with van der Waals surface area (Å²) in [5.74, 6) is 0.852. The molecule has 10 heteroatoms. The highest BCUT2D eigenvalue weighted by atomic mass is 19.1. The summed E-state index contributed by atoms with van der Waals surface area (Å²) in [5.41, 5.74) is -0.498. The summed E-state index contributed by atoms with van der Waals surface area (Å²) in [4.78, 5) is 25.2. The van der Waals surface area contributed by atoms with Crippen LogP contribution in [0.1, 0.15) is 43.2 Å². The first kappa shape index (κ1) is 27.6. The summed E-state index contributed by atoms with van der Waals surface area (Å²) in [7, 11) is 1.61. The van der Waals surface area contributed by atoms with E-state index in [1.54, 1.807) is 14.0 Å². The Balaban J connectivity index is 1.55. The van der Waals surface area contributed by atoms with Crippen molar-refractivity contribution in [2.75, 3.05) is 12.4 Å². The van der Waals surface area contributed by atoms with Crippen molar-refractivity contribution in [3.63, 3.8) is 0 Å². The molecule has 0 unspecified atom stereocenters.